The second kappa shape index (κ2) is 5.19. The van der Waals surface area contributed by atoms with Gasteiger partial charge >= 0.3 is 0 Å². The molecular weight excluding hydrogens is 218 g/mol. The van der Waals surface area contributed by atoms with E-state index in [2.05, 4.69) is 21.5 Å². The van der Waals surface area contributed by atoms with Gasteiger partial charge in [0.05, 0.1) is 19.0 Å². The molecule has 0 bridgehead atoms. The average molecular weight is 235 g/mol. The number of carbonyl (C=O) groups excluding carboxylic acids is 2. The van der Waals surface area contributed by atoms with Crippen molar-refractivity contribution in [3.63, 3.8) is 0 Å². The van der Waals surface area contributed by atoms with E-state index in [9.17, 15) is 9.59 Å². The molecule has 0 aliphatic carbocycles. The molecule has 2 N–H and O–H groups in total. The normalized spacial score (nSPS) is 28.1. The number of likely N-dealkylation sites (tertiary alicyclic amines) is 1. The van der Waals surface area contributed by atoms with Crippen molar-refractivity contribution < 1.29 is 9.59 Å². The molecule has 2 saturated heterocycles. The predicted octanol–water partition coefficient (Wildman–Crippen LogP) is -1.05. The summed E-state index contributed by atoms with van der Waals surface area (Å²) in [6, 6.07) is 0.174. The van der Waals surface area contributed by atoms with Gasteiger partial charge in [-0.15, -0.1) is 6.42 Å². The van der Waals surface area contributed by atoms with Crippen LogP contribution in [0.3, 0.4) is 0 Å². The Hall–Kier alpha value is -1.54. The van der Waals surface area contributed by atoms with Crippen molar-refractivity contribution in [2.45, 2.75) is 18.9 Å². The van der Waals surface area contributed by atoms with Gasteiger partial charge in [0.25, 0.3) is 0 Å². The van der Waals surface area contributed by atoms with Crippen molar-refractivity contribution in [2.24, 2.45) is 5.92 Å². The van der Waals surface area contributed by atoms with E-state index in [4.69, 9.17) is 6.42 Å². The maximum Gasteiger partial charge on any atom is 0.234 e. The third kappa shape index (κ3) is 2.59. The quantitative estimate of drug-likeness (QED) is 0.613. The Morgan fingerprint density at radius 2 is 2.47 bits per heavy atom. The molecule has 0 spiro atoms. The number of rotatable bonds is 3. The molecule has 5 nitrogen and oxygen atoms in total. The molecule has 0 aromatic heterocycles. The van der Waals surface area contributed by atoms with E-state index in [0.29, 0.717) is 13.1 Å². The molecule has 92 valence electrons. The molecule has 2 heterocycles. The Bertz CT molecular complexity index is 361. The molecule has 0 aromatic rings. The molecule has 17 heavy (non-hydrogen) atoms. The van der Waals surface area contributed by atoms with Crippen molar-refractivity contribution in [3.05, 3.63) is 0 Å². The third-order valence-electron chi connectivity index (χ3n) is 3.45. The molecule has 0 aromatic carbocycles. The lowest BCUT2D eigenvalue weighted by Gasteiger charge is -2.35. The van der Waals surface area contributed by atoms with Crippen LogP contribution in [0.4, 0.5) is 0 Å². The zero-order valence-corrected chi connectivity index (χ0v) is 9.74. The van der Waals surface area contributed by atoms with Gasteiger partial charge in [0.2, 0.25) is 11.8 Å². The molecule has 2 rings (SSSR count). The second-order valence-electron chi connectivity index (χ2n) is 4.51. The minimum atomic E-state index is -0.0667. The first kappa shape index (κ1) is 11.9. The first-order chi connectivity index (χ1) is 8.22. The van der Waals surface area contributed by atoms with Crippen LogP contribution in [0.15, 0.2) is 0 Å². The maximum atomic E-state index is 11.6. The Kier molecular flexibility index (Phi) is 3.64. The lowest BCUT2D eigenvalue weighted by Crippen LogP contribution is -2.49. The summed E-state index contributed by atoms with van der Waals surface area (Å²) in [4.78, 5) is 25.2. The number of terminal acetylenes is 1. The molecule has 2 amide bonds. The lowest BCUT2D eigenvalue weighted by atomic mass is 9.91. The monoisotopic (exact) mass is 235 g/mol. The van der Waals surface area contributed by atoms with Crippen LogP contribution in [-0.2, 0) is 9.59 Å². The molecule has 2 aliphatic rings. The van der Waals surface area contributed by atoms with E-state index < -0.39 is 0 Å². The highest BCUT2D eigenvalue weighted by molar-refractivity contribution is 5.82. The summed E-state index contributed by atoms with van der Waals surface area (Å²) in [5.41, 5.74) is 0. The summed E-state index contributed by atoms with van der Waals surface area (Å²) < 4.78 is 0. The van der Waals surface area contributed by atoms with Crippen molar-refractivity contribution in [1.82, 2.24) is 15.5 Å². The Morgan fingerprint density at radius 3 is 3.24 bits per heavy atom. The highest BCUT2D eigenvalue weighted by atomic mass is 16.2. The SMILES string of the molecule is C#CCNC(=O)CN1CCCC2C(=O)NCC21. The van der Waals surface area contributed by atoms with Crippen LogP contribution in [0.5, 0.6) is 0 Å². The number of nitrogens with zero attached hydrogens (tertiary/aromatic N) is 1. The van der Waals surface area contributed by atoms with Crippen LogP contribution in [0.1, 0.15) is 12.8 Å². The number of piperidine rings is 1. The van der Waals surface area contributed by atoms with E-state index in [1.807, 2.05) is 0 Å². The fourth-order valence-corrected chi connectivity index (χ4v) is 2.63. The van der Waals surface area contributed by atoms with E-state index in [1.165, 1.54) is 0 Å². The molecule has 0 saturated carbocycles. The highest BCUT2D eigenvalue weighted by Gasteiger charge is 2.40. The fourth-order valence-electron chi connectivity index (χ4n) is 2.63. The molecule has 2 aliphatic heterocycles. The lowest BCUT2D eigenvalue weighted by molar-refractivity contribution is -0.127. The smallest absolute Gasteiger partial charge is 0.234 e. The van der Waals surface area contributed by atoms with E-state index in [0.717, 1.165) is 19.4 Å². The third-order valence-corrected chi connectivity index (χ3v) is 3.45. The summed E-state index contributed by atoms with van der Waals surface area (Å²) in [6.45, 7) is 2.13. The van der Waals surface area contributed by atoms with Gasteiger partial charge in [0.1, 0.15) is 0 Å². The molecule has 2 fully saturated rings. The topological polar surface area (TPSA) is 61.4 Å². The van der Waals surface area contributed by atoms with Crippen LogP contribution in [-0.4, -0.2) is 48.9 Å². The van der Waals surface area contributed by atoms with Gasteiger partial charge in [0.15, 0.2) is 0 Å². The fraction of sp³-hybridized carbons (Fsp3) is 0.667. The van der Waals surface area contributed by atoms with Crippen molar-refractivity contribution in [3.8, 4) is 12.3 Å². The molecule has 2 unspecified atom stereocenters. The van der Waals surface area contributed by atoms with E-state index in [-0.39, 0.29) is 30.3 Å². The number of hydrogen-bond donors (Lipinski definition) is 2. The molecule has 2 atom stereocenters. The van der Waals surface area contributed by atoms with Crippen molar-refractivity contribution in [1.29, 1.82) is 0 Å². The van der Waals surface area contributed by atoms with Crippen LogP contribution in [0.25, 0.3) is 0 Å². The van der Waals surface area contributed by atoms with Crippen molar-refractivity contribution in [2.75, 3.05) is 26.2 Å². The first-order valence-corrected chi connectivity index (χ1v) is 5.94. The minimum Gasteiger partial charge on any atom is -0.354 e. The number of hydrogen-bond acceptors (Lipinski definition) is 3. The Balaban J connectivity index is 1.90. The maximum absolute atomic E-state index is 11.6. The highest BCUT2D eigenvalue weighted by Crippen LogP contribution is 2.26. The first-order valence-electron chi connectivity index (χ1n) is 5.94. The Labute approximate surface area is 101 Å². The number of carbonyl (C=O) groups is 2. The summed E-state index contributed by atoms with van der Waals surface area (Å²) in [7, 11) is 0. The van der Waals surface area contributed by atoms with E-state index >= 15 is 0 Å². The molecule has 0 radical (unpaired) electrons. The van der Waals surface area contributed by atoms with Gasteiger partial charge in [0, 0.05) is 12.6 Å². The Morgan fingerprint density at radius 1 is 1.65 bits per heavy atom. The largest absolute Gasteiger partial charge is 0.354 e. The summed E-state index contributed by atoms with van der Waals surface area (Å²) in [6.07, 6.45) is 6.98. The predicted molar refractivity (Wildman–Crippen MR) is 62.9 cm³/mol. The zero-order chi connectivity index (χ0) is 12.3. The van der Waals surface area contributed by atoms with Crippen LogP contribution < -0.4 is 10.6 Å². The van der Waals surface area contributed by atoms with Crippen molar-refractivity contribution >= 4 is 11.8 Å². The standard InChI is InChI=1S/C12H17N3O2/c1-2-5-13-11(16)8-15-6-3-4-9-10(15)7-14-12(9)17/h1,9-10H,3-8H2,(H,13,16)(H,14,17). The van der Waals surface area contributed by atoms with Gasteiger partial charge in [-0.25, -0.2) is 0 Å². The summed E-state index contributed by atoms with van der Waals surface area (Å²) in [5.74, 6) is 2.49. The van der Waals surface area contributed by atoms with Gasteiger partial charge in [-0.3, -0.25) is 14.5 Å². The van der Waals surface area contributed by atoms with Crippen LogP contribution in [0.2, 0.25) is 0 Å². The number of fused-ring (bicyclic) bond motifs is 1. The molecule has 5 heteroatoms. The van der Waals surface area contributed by atoms with Crippen LogP contribution in [0, 0.1) is 18.3 Å². The average Bonchev–Trinajstić information content (AvgIpc) is 2.70. The minimum absolute atomic E-state index is 0.0594. The second-order valence-corrected chi connectivity index (χ2v) is 4.51. The molecular formula is C12H17N3O2. The van der Waals surface area contributed by atoms with Crippen LogP contribution >= 0.6 is 0 Å². The van der Waals surface area contributed by atoms with Gasteiger partial charge in [-0.05, 0) is 19.4 Å². The van der Waals surface area contributed by atoms with Gasteiger partial charge in [-0.1, -0.05) is 5.92 Å². The van der Waals surface area contributed by atoms with Gasteiger partial charge in [-0.2, -0.15) is 0 Å². The van der Waals surface area contributed by atoms with E-state index in [1.54, 1.807) is 0 Å². The summed E-state index contributed by atoms with van der Waals surface area (Å²) >= 11 is 0. The number of nitrogens with one attached hydrogen (secondary N) is 2. The zero-order valence-electron chi connectivity index (χ0n) is 9.74. The van der Waals surface area contributed by atoms with Gasteiger partial charge < -0.3 is 10.6 Å². The summed E-state index contributed by atoms with van der Waals surface area (Å²) in [5, 5.41) is 5.51. The number of amides is 2.